The van der Waals surface area contributed by atoms with Crippen LogP contribution in [-0.4, -0.2) is 17.5 Å². The van der Waals surface area contributed by atoms with E-state index in [1.165, 1.54) is 12.1 Å². The van der Waals surface area contributed by atoms with E-state index in [9.17, 15) is 18.0 Å². The lowest BCUT2D eigenvalue weighted by molar-refractivity contribution is -0.137. The van der Waals surface area contributed by atoms with Gasteiger partial charge in [0.1, 0.15) is 0 Å². The highest BCUT2D eigenvalue weighted by Crippen LogP contribution is 2.31. The number of Topliss-reactive ketones (excluding diaryl/α,β-unsaturated/α-hetero) is 1. The monoisotopic (exact) mass is 431 g/mol. The van der Waals surface area contributed by atoms with Gasteiger partial charge in [0, 0.05) is 16.3 Å². The molecule has 0 aliphatic heterocycles. The van der Waals surface area contributed by atoms with Crippen molar-refractivity contribution in [2.75, 3.05) is 11.3 Å². The van der Waals surface area contributed by atoms with Gasteiger partial charge in [-0.1, -0.05) is 31.5 Å². The largest absolute Gasteiger partial charge is 0.416 e. The molecule has 0 aliphatic carbocycles. The highest BCUT2D eigenvalue weighted by Gasteiger charge is 2.32. The summed E-state index contributed by atoms with van der Waals surface area (Å²) in [5.41, 5.74) is 4.19. The number of carbonyl (C=O) groups is 1. The predicted octanol–water partition coefficient (Wildman–Crippen LogP) is 5.84. The Morgan fingerprint density at radius 1 is 1.11 bits per heavy atom. The molecule has 0 saturated carbocycles. The van der Waals surface area contributed by atoms with Crippen molar-refractivity contribution in [1.82, 2.24) is 5.43 Å². The topological polar surface area (TPSA) is 53.5 Å². The van der Waals surface area contributed by atoms with E-state index in [4.69, 9.17) is 23.2 Å². The van der Waals surface area contributed by atoms with Crippen molar-refractivity contribution >= 4 is 46.2 Å². The molecule has 0 bridgehead atoms. The zero-order valence-electron chi connectivity index (χ0n) is 15.1. The summed E-state index contributed by atoms with van der Waals surface area (Å²) >= 11 is 11.7. The molecule has 0 fully saturated rings. The summed E-state index contributed by atoms with van der Waals surface area (Å²) in [5.74, 6) is -0.614. The minimum Gasteiger partial charge on any atom is -0.300 e. The molecule has 4 nitrogen and oxygen atoms in total. The van der Waals surface area contributed by atoms with Gasteiger partial charge in [0.25, 0.3) is 0 Å². The maximum atomic E-state index is 12.9. The number of benzene rings is 2. The summed E-state index contributed by atoms with van der Waals surface area (Å²) in [6, 6.07) is 11.0. The Morgan fingerprint density at radius 2 is 1.75 bits per heavy atom. The maximum Gasteiger partial charge on any atom is 0.416 e. The molecule has 0 aliphatic rings. The molecule has 0 radical (unpaired) electrons. The summed E-state index contributed by atoms with van der Waals surface area (Å²) in [5, 5.41) is 0.530. The summed E-state index contributed by atoms with van der Waals surface area (Å²) in [6.45, 7) is 3.24. The highest BCUT2D eigenvalue weighted by atomic mass is 35.5. The van der Waals surface area contributed by atoms with Gasteiger partial charge in [-0.05, 0) is 42.5 Å². The summed E-state index contributed by atoms with van der Waals surface area (Å²) < 4.78 is 38.8. The number of halogens is 5. The van der Waals surface area contributed by atoms with Crippen molar-refractivity contribution in [3.05, 3.63) is 59.1 Å². The third-order valence-corrected chi connectivity index (χ3v) is 4.67. The normalized spacial score (nSPS) is 12.6. The minimum atomic E-state index is -4.51. The second kappa shape index (κ2) is 8.84. The van der Waals surface area contributed by atoms with Gasteiger partial charge >= 0.3 is 6.18 Å². The molecule has 28 heavy (non-hydrogen) atoms. The van der Waals surface area contributed by atoms with E-state index < -0.39 is 22.9 Å². The van der Waals surface area contributed by atoms with Crippen molar-refractivity contribution < 1.29 is 18.0 Å². The van der Waals surface area contributed by atoms with Gasteiger partial charge in [0.15, 0.2) is 5.84 Å². The van der Waals surface area contributed by atoms with E-state index in [0.29, 0.717) is 10.7 Å². The van der Waals surface area contributed by atoms with Crippen LogP contribution < -0.4 is 10.9 Å². The van der Waals surface area contributed by atoms with Crippen LogP contribution in [0.25, 0.3) is 0 Å². The van der Waals surface area contributed by atoms with Crippen molar-refractivity contribution in [3.63, 3.8) is 0 Å². The first-order valence-electron chi connectivity index (χ1n) is 8.17. The van der Waals surface area contributed by atoms with E-state index in [1.54, 1.807) is 38.1 Å². The molecule has 9 heteroatoms. The van der Waals surface area contributed by atoms with Crippen LogP contribution in [0.4, 0.5) is 24.5 Å². The fourth-order valence-corrected chi connectivity index (χ4v) is 2.31. The first-order valence-corrected chi connectivity index (χ1v) is 9.08. The highest BCUT2D eigenvalue weighted by molar-refractivity contribution is 6.42. The molecular formula is C19H18Cl2F3N3O. The van der Waals surface area contributed by atoms with E-state index in [2.05, 4.69) is 15.8 Å². The number of hydrazine groups is 1. The van der Waals surface area contributed by atoms with Gasteiger partial charge in [-0.3, -0.25) is 15.6 Å². The third kappa shape index (κ3) is 5.87. The molecule has 0 atom stereocenters. The van der Waals surface area contributed by atoms with Crippen molar-refractivity contribution in [2.24, 2.45) is 10.4 Å². The van der Waals surface area contributed by atoms with Gasteiger partial charge in [-0.15, -0.1) is 11.6 Å². The molecule has 0 amide bonds. The molecule has 2 rings (SSSR count). The Balaban J connectivity index is 2.36. The van der Waals surface area contributed by atoms with Crippen molar-refractivity contribution in [2.45, 2.75) is 20.0 Å². The Labute approximate surface area is 170 Å². The number of rotatable bonds is 6. The quantitative estimate of drug-likeness (QED) is 0.261. The fourth-order valence-electron chi connectivity index (χ4n) is 2.06. The zero-order valence-corrected chi connectivity index (χ0v) is 16.6. The number of carbonyl (C=O) groups excluding carboxylic acids is 1. The first-order chi connectivity index (χ1) is 13.0. The van der Waals surface area contributed by atoms with Crippen LogP contribution in [0.5, 0.6) is 0 Å². The smallest absolute Gasteiger partial charge is 0.300 e. The van der Waals surface area contributed by atoms with Crippen LogP contribution in [0.1, 0.15) is 19.4 Å². The Kier molecular flexibility index (Phi) is 6.96. The van der Waals surface area contributed by atoms with Crippen molar-refractivity contribution in [3.8, 4) is 0 Å². The SMILES string of the molecule is CC(C)(CCl)C(=O)C(=Nc1cccc(C(F)(F)F)c1)NNc1ccc(Cl)cc1. The number of amidine groups is 1. The number of aliphatic imine (C=N–C) groups is 1. The molecule has 0 aromatic heterocycles. The standard InChI is InChI=1S/C19H18Cl2F3N3O/c1-18(2,11-20)16(28)17(27-26-14-8-6-13(21)7-9-14)25-15-5-3-4-12(10-15)19(22,23)24/h3-10,26H,11H2,1-2H3,(H,25,27). The van der Waals surface area contributed by atoms with E-state index >= 15 is 0 Å². The number of anilines is 1. The summed E-state index contributed by atoms with van der Waals surface area (Å²) in [6.07, 6.45) is -4.51. The van der Waals surface area contributed by atoms with Crippen LogP contribution in [-0.2, 0) is 11.0 Å². The molecule has 0 saturated heterocycles. The van der Waals surface area contributed by atoms with E-state index in [-0.39, 0.29) is 17.4 Å². The van der Waals surface area contributed by atoms with Gasteiger partial charge in [-0.2, -0.15) is 13.2 Å². The van der Waals surface area contributed by atoms with Crippen LogP contribution >= 0.6 is 23.2 Å². The number of alkyl halides is 4. The number of hydrogen-bond acceptors (Lipinski definition) is 3. The first kappa shape index (κ1) is 22.0. The lowest BCUT2D eigenvalue weighted by Crippen LogP contribution is -2.43. The van der Waals surface area contributed by atoms with Crippen LogP contribution in [0.2, 0.25) is 5.02 Å². The van der Waals surface area contributed by atoms with E-state index in [1.807, 2.05) is 0 Å². The Morgan fingerprint density at radius 3 is 2.32 bits per heavy atom. The number of ketones is 1. The average molecular weight is 432 g/mol. The number of nitrogens with zero attached hydrogens (tertiary/aromatic N) is 1. The van der Waals surface area contributed by atoms with E-state index in [0.717, 1.165) is 12.1 Å². The van der Waals surface area contributed by atoms with Crippen LogP contribution in [0, 0.1) is 5.41 Å². The van der Waals surface area contributed by atoms with Gasteiger partial charge in [0.2, 0.25) is 5.78 Å². The third-order valence-electron chi connectivity index (χ3n) is 3.75. The summed E-state index contributed by atoms with van der Waals surface area (Å²) in [4.78, 5) is 16.9. The molecule has 2 aromatic carbocycles. The van der Waals surface area contributed by atoms with Gasteiger partial charge < -0.3 is 0 Å². The second-order valence-corrected chi connectivity index (χ2v) is 7.32. The molecule has 0 spiro atoms. The lowest BCUT2D eigenvalue weighted by Gasteiger charge is -2.22. The molecule has 0 unspecified atom stereocenters. The molecule has 2 N–H and O–H groups in total. The second-order valence-electron chi connectivity index (χ2n) is 6.61. The number of nitrogens with one attached hydrogen (secondary N) is 2. The molecule has 2 aromatic rings. The Hall–Kier alpha value is -2.25. The van der Waals surface area contributed by atoms with Gasteiger partial charge in [0.05, 0.1) is 16.9 Å². The predicted molar refractivity (Wildman–Crippen MR) is 106 cm³/mol. The van der Waals surface area contributed by atoms with Crippen molar-refractivity contribution in [1.29, 1.82) is 0 Å². The van der Waals surface area contributed by atoms with Gasteiger partial charge in [-0.25, -0.2) is 4.99 Å². The average Bonchev–Trinajstić information content (AvgIpc) is 2.65. The maximum absolute atomic E-state index is 12.9. The molecular weight excluding hydrogens is 414 g/mol. The van der Waals surface area contributed by atoms with Crippen LogP contribution in [0.15, 0.2) is 53.5 Å². The zero-order chi connectivity index (χ0) is 20.9. The Bertz CT molecular complexity index is 865. The molecule has 150 valence electrons. The summed E-state index contributed by atoms with van der Waals surface area (Å²) in [7, 11) is 0. The van der Waals surface area contributed by atoms with Crippen LogP contribution in [0.3, 0.4) is 0 Å². The number of hydrogen-bond donors (Lipinski definition) is 2. The minimum absolute atomic E-state index is 0.00999. The fraction of sp³-hybridized carbons (Fsp3) is 0.263. The lowest BCUT2D eigenvalue weighted by atomic mass is 9.90. The molecule has 0 heterocycles.